The van der Waals surface area contributed by atoms with Crippen LogP contribution in [0.2, 0.25) is 0 Å². The molecule has 1 fully saturated rings. The molecule has 0 saturated carbocycles. The number of aliphatic hydroxyl groups excluding tert-OH is 2. The van der Waals surface area contributed by atoms with Crippen molar-refractivity contribution in [2.75, 3.05) is 25.0 Å². The maximum Gasteiger partial charge on any atom is 0.469 e. The highest BCUT2D eigenvalue weighted by Crippen LogP contribution is 2.38. The van der Waals surface area contributed by atoms with Crippen LogP contribution in [0.5, 0.6) is 0 Å². The van der Waals surface area contributed by atoms with Crippen LogP contribution in [0.4, 0.5) is 5.82 Å². The normalized spacial score (nSPS) is 24.6. The second-order valence-electron chi connectivity index (χ2n) is 7.01. The summed E-state index contributed by atoms with van der Waals surface area (Å²) in [6, 6.07) is 0. The van der Waals surface area contributed by atoms with Crippen LogP contribution in [0.3, 0.4) is 0 Å². The number of fused-ring (bicyclic) bond motifs is 1. The predicted octanol–water partition coefficient (Wildman–Crippen LogP) is -0.514. The third-order valence-corrected chi connectivity index (χ3v) is 5.29. The number of phosphoric acid groups is 1. The summed E-state index contributed by atoms with van der Waals surface area (Å²) in [5.41, 5.74) is 6.33. The number of ether oxygens (including phenoxy) is 1. The number of nitrogens with zero attached hydrogens (tertiary/aromatic N) is 4. The monoisotopic (exact) mass is 446 g/mol. The number of phosphoric ester groups is 1. The van der Waals surface area contributed by atoms with Gasteiger partial charge in [-0.2, -0.15) is 0 Å². The molecule has 14 heteroatoms. The van der Waals surface area contributed by atoms with E-state index in [2.05, 4.69) is 24.8 Å². The quantitative estimate of drug-likeness (QED) is 0.191. The van der Waals surface area contributed by atoms with Gasteiger partial charge in [0.05, 0.1) is 12.9 Å². The molecular formula is C16H27N6O7P. The predicted molar refractivity (Wildman–Crippen MR) is 105 cm³/mol. The Balaban J connectivity index is 1.68. The summed E-state index contributed by atoms with van der Waals surface area (Å²) in [5, 5.41) is 23.7. The number of aromatic nitrogens is 4. The fourth-order valence-corrected chi connectivity index (χ4v) is 3.61. The molecule has 4 atom stereocenters. The summed E-state index contributed by atoms with van der Waals surface area (Å²) >= 11 is 0. The van der Waals surface area contributed by atoms with Crippen LogP contribution in [0.1, 0.15) is 31.9 Å². The van der Waals surface area contributed by atoms with Crippen molar-refractivity contribution in [2.45, 2.75) is 50.2 Å². The van der Waals surface area contributed by atoms with Crippen molar-refractivity contribution < 1.29 is 33.8 Å². The molecule has 2 aromatic rings. The van der Waals surface area contributed by atoms with Gasteiger partial charge in [0.15, 0.2) is 23.2 Å². The van der Waals surface area contributed by atoms with Gasteiger partial charge < -0.3 is 35.8 Å². The molecule has 0 aromatic carbocycles. The number of anilines is 1. The van der Waals surface area contributed by atoms with Crippen molar-refractivity contribution in [1.82, 2.24) is 19.5 Å². The molecule has 0 radical (unpaired) electrons. The van der Waals surface area contributed by atoms with Gasteiger partial charge in [-0.05, 0) is 19.4 Å². The number of hydrogen-bond donors (Lipinski definition) is 6. The molecule has 1 saturated heterocycles. The highest BCUT2D eigenvalue weighted by Gasteiger charge is 2.45. The van der Waals surface area contributed by atoms with Crippen LogP contribution < -0.4 is 11.1 Å². The minimum absolute atomic E-state index is 0.378. The number of hydrogen-bond acceptors (Lipinski definition) is 10. The largest absolute Gasteiger partial charge is 0.469 e. The lowest BCUT2D eigenvalue weighted by Gasteiger charge is -2.16. The Morgan fingerprint density at radius 2 is 1.93 bits per heavy atom. The van der Waals surface area contributed by atoms with E-state index in [1.807, 2.05) is 0 Å². The Kier molecular flexibility index (Phi) is 7.71. The second kappa shape index (κ2) is 10.1. The number of nitrogens with two attached hydrogens (primary N) is 1. The molecule has 0 bridgehead atoms. The van der Waals surface area contributed by atoms with Gasteiger partial charge in [0.2, 0.25) is 0 Å². The van der Waals surface area contributed by atoms with Crippen LogP contribution in [-0.2, 0) is 13.8 Å². The fourth-order valence-electron chi connectivity index (χ4n) is 3.26. The van der Waals surface area contributed by atoms with Gasteiger partial charge in [-0.1, -0.05) is 12.8 Å². The lowest BCUT2D eigenvalue weighted by Crippen LogP contribution is -2.33. The van der Waals surface area contributed by atoms with Crippen LogP contribution >= 0.6 is 7.82 Å². The van der Waals surface area contributed by atoms with Crippen LogP contribution in [0, 0.1) is 0 Å². The summed E-state index contributed by atoms with van der Waals surface area (Å²) < 4.78 is 22.3. The van der Waals surface area contributed by atoms with E-state index < -0.39 is 39.0 Å². The maximum absolute atomic E-state index is 10.9. The fraction of sp³-hybridized carbons (Fsp3) is 0.688. The van der Waals surface area contributed by atoms with Gasteiger partial charge in [-0.15, -0.1) is 0 Å². The van der Waals surface area contributed by atoms with Crippen molar-refractivity contribution in [3.63, 3.8) is 0 Å². The molecule has 4 unspecified atom stereocenters. The maximum atomic E-state index is 10.9. The first kappa shape index (κ1) is 23.0. The van der Waals surface area contributed by atoms with Crippen LogP contribution in [0.25, 0.3) is 11.2 Å². The van der Waals surface area contributed by atoms with E-state index >= 15 is 0 Å². The van der Waals surface area contributed by atoms with Crippen LogP contribution in [0.15, 0.2) is 12.7 Å². The molecule has 1 aliphatic rings. The minimum Gasteiger partial charge on any atom is -0.387 e. The minimum atomic E-state index is -4.74. The third-order valence-electron chi connectivity index (χ3n) is 4.80. The van der Waals surface area contributed by atoms with E-state index in [-0.39, 0.29) is 0 Å². The van der Waals surface area contributed by atoms with Crippen molar-refractivity contribution >= 4 is 24.8 Å². The zero-order valence-corrected chi connectivity index (χ0v) is 17.1. The summed E-state index contributed by atoms with van der Waals surface area (Å²) in [4.78, 5) is 30.3. The first-order valence-corrected chi connectivity index (χ1v) is 11.2. The zero-order chi connectivity index (χ0) is 21.7. The Morgan fingerprint density at radius 1 is 1.17 bits per heavy atom. The Hall–Kier alpha value is -1.70. The lowest BCUT2D eigenvalue weighted by molar-refractivity contribution is -0.0504. The number of imidazole rings is 1. The Bertz CT molecular complexity index is 877. The van der Waals surface area contributed by atoms with Gasteiger partial charge in [0.1, 0.15) is 24.6 Å². The molecule has 13 nitrogen and oxygen atoms in total. The molecule has 7 N–H and O–H groups in total. The molecule has 30 heavy (non-hydrogen) atoms. The van der Waals surface area contributed by atoms with Crippen molar-refractivity contribution in [3.8, 4) is 0 Å². The van der Waals surface area contributed by atoms with Gasteiger partial charge in [0.25, 0.3) is 0 Å². The molecule has 1 aliphatic heterocycles. The van der Waals surface area contributed by atoms with Crippen molar-refractivity contribution in [2.24, 2.45) is 5.73 Å². The SMILES string of the molecule is NCCCCCCNc1ncnc2c1ncn2C1OC(COP(=O)(O)O)C(O)C1O. The topological polar surface area (TPSA) is 198 Å². The van der Waals surface area contributed by atoms with E-state index in [4.69, 9.17) is 20.3 Å². The molecule has 0 spiro atoms. The number of rotatable bonds is 11. The Labute approximate surface area is 172 Å². The zero-order valence-electron chi connectivity index (χ0n) is 16.2. The average Bonchev–Trinajstić information content (AvgIpc) is 3.25. The summed E-state index contributed by atoms with van der Waals surface area (Å²) in [7, 11) is -4.74. The van der Waals surface area contributed by atoms with E-state index in [0.29, 0.717) is 30.1 Å². The van der Waals surface area contributed by atoms with E-state index in [0.717, 1.165) is 25.7 Å². The highest BCUT2D eigenvalue weighted by molar-refractivity contribution is 7.46. The molecule has 2 aromatic heterocycles. The third kappa shape index (κ3) is 5.50. The Morgan fingerprint density at radius 3 is 2.67 bits per heavy atom. The lowest BCUT2D eigenvalue weighted by atomic mass is 10.1. The molecule has 3 rings (SSSR count). The van der Waals surface area contributed by atoms with E-state index in [1.165, 1.54) is 17.2 Å². The second-order valence-corrected chi connectivity index (χ2v) is 8.25. The standard InChI is InChI=1S/C16H27N6O7P/c17-5-3-1-2-4-6-18-14-11-15(20-8-19-14)22(9-21-11)16-13(24)12(23)10(29-16)7-28-30(25,26)27/h8-10,12-13,16,23-24H,1-7,17H2,(H,18,19,20)(H2,25,26,27). The number of aliphatic hydroxyl groups is 2. The first-order chi connectivity index (χ1) is 14.3. The molecule has 3 heterocycles. The van der Waals surface area contributed by atoms with Crippen LogP contribution in [-0.4, -0.2) is 77.5 Å². The smallest absolute Gasteiger partial charge is 0.387 e. The van der Waals surface area contributed by atoms with Gasteiger partial charge in [-0.25, -0.2) is 19.5 Å². The van der Waals surface area contributed by atoms with Gasteiger partial charge >= 0.3 is 7.82 Å². The molecule has 168 valence electrons. The molecule has 0 aliphatic carbocycles. The van der Waals surface area contributed by atoms with Gasteiger partial charge in [-0.3, -0.25) is 9.09 Å². The number of nitrogens with one attached hydrogen (secondary N) is 1. The summed E-state index contributed by atoms with van der Waals surface area (Å²) in [6.07, 6.45) is 1.83. The summed E-state index contributed by atoms with van der Waals surface area (Å²) in [6.45, 7) is 0.803. The van der Waals surface area contributed by atoms with E-state index in [9.17, 15) is 14.8 Å². The van der Waals surface area contributed by atoms with E-state index in [1.54, 1.807) is 0 Å². The first-order valence-electron chi connectivity index (χ1n) is 9.65. The highest BCUT2D eigenvalue weighted by atomic mass is 31.2. The van der Waals surface area contributed by atoms with Gasteiger partial charge in [0, 0.05) is 6.54 Å². The molecule has 0 amide bonds. The number of unbranched alkanes of at least 4 members (excludes halogenated alkanes) is 3. The average molecular weight is 446 g/mol. The summed E-state index contributed by atoms with van der Waals surface area (Å²) in [5.74, 6) is 0.534. The molecular weight excluding hydrogens is 419 g/mol. The van der Waals surface area contributed by atoms with Crippen molar-refractivity contribution in [1.29, 1.82) is 0 Å². The van der Waals surface area contributed by atoms with Crippen molar-refractivity contribution in [3.05, 3.63) is 12.7 Å².